The first-order valence-electron chi connectivity index (χ1n) is 6.61. The molecular formula is C16H15F2NO3. The van der Waals surface area contributed by atoms with Crippen molar-refractivity contribution in [2.75, 3.05) is 0 Å². The first-order chi connectivity index (χ1) is 10.4. The number of aliphatic hydroxyl groups is 1. The molecule has 0 spiro atoms. The lowest BCUT2D eigenvalue weighted by molar-refractivity contribution is 0.0849. The lowest BCUT2D eigenvalue weighted by atomic mass is 10.0. The number of nitrogens with one attached hydrogen (secondary N) is 1. The first kappa shape index (κ1) is 15.9. The third kappa shape index (κ3) is 3.59. The van der Waals surface area contributed by atoms with E-state index in [-0.39, 0.29) is 11.3 Å². The summed E-state index contributed by atoms with van der Waals surface area (Å²) in [5.41, 5.74) is 0.204. The predicted molar refractivity (Wildman–Crippen MR) is 76.4 cm³/mol. The van der Waals surface area contributed by atoms with Crippen LogP contribution in [0.5, 0.6) is 5.75 Å². The van der Waals surface area contributed by atoms with Crippen molar-refractivity contribution in [1.29, 1.82) is 0 Å². The second-order valence-corrected chi connectivity index (χ2v) is 4.92. The number of carbonyl (C=O) groups is 1. The second kappa shape index (κ2) is 6.53. The quantitative estimate of drug-likeness (QED) is 0.813. The third-order valence-corrected chi connectivity index (χ3v) is 3.25. The van der Waals surface area contributed by atoms with Crippen molar-refractivity contribution in [2.24, 2.45) is 0 Å². The fourth-order valence-corrected chi connectivity index (χ4v) is 2.00. The van der Waals surface area contributed by atoms with Gasteiger partial charge in [-0.3, -0.25) is 4.79 Å². The number of phenolic OH excluding ortho intramolecular Hbond substituents is 1. The summed E-state index contributed by atoms with van der Waals surface area (Å²) in [5.74, 6) is -2.17. The van der Waals surface area contributed by atoms with Crippen LogP contribution in [-0.2, 0) is 0 Å². The molecule has 0 aliphatic rings. The van der Waals surface area contributed by atoms with Gasteiger partial charge in [-0.1, -0.05) is 12.1 Å². The van der Waals surface area contributed by atoms with Gasteiger partial charge in [0.15, 0.2) is 0 Å². The van der Waals surface area contributed by atoms with Crippen LogP contribution < -0.4 is 5.32 Å². The number of carbonyl (C=O) groups excluding carboxylic acids is 1. The van der Waals surface area contributed by atoms with Crippen LogP contribution in [0.15, 0.2) is 42.5 Å². The highest BCUT2D eigenvalue weighted by atomic mass is 19.1. The molecule has 1 amide bonds. The van der Waals surface area contributed by atoms with Crippen molar-refractivity contribution in [2.45, 2.75) is 19.1 Å². The zero-order valence-corrected chi connectivity index (χ0v) is 11.8. The Morgan fingerprint density at radius 3 is 2.32 bits per heavy atom. The number of phenols is 1. The highest BCUT2D eigenvalue weighted by molar-refractivity contribution is 5.97. The molecule has 0 aromatic heterocycles. The molecule has 6 heteroatoms. The SMILES string of the molecule is CC(NC(=O)c1cc(F)ccc1O)C(O)c1ccc(F)cc1. The Kier molecular flexibility index (Phi) is 4.72. The maximum Gasteiger partial charge on any atom is 0.255 e. The van der Waals surface area contributed by atoms with Crippen LogP contribution >= 0.6 is 0 Å². The first-order valence-corrected chi connectivity index (χ1v) is 6.61. The smallest absolute Gasteiger partial charge is 0.255 e. The largest absolute Gasteiger partial charge is 0.507 e. The Morgan fingerprint density at radius 1 is 1.09 bits per heavy atom. The van der Waals surface area contributed by atoms with Crippen LogP contribution in [0.4, 0.5) is 8.78 Å². The number of aromatic hydroxyl groups is 1. The molecule has 116 valence electrons. The van der Waals surface area contributed by atoms with Crippen molar-refractivity contribution in [1.82, 2.24) is 5.32 Å². The lowest BCUT2D eigenvalue weighted by Crippen LogP contribution is -2.37. The van der Waals surface area contributed by atoms with Crippen LogP contribution in [0.3, 0.4) is 0 Å². The average Bonchev–Trinajstić information content (AvgIpc) is 2.49. The van der Waals surface area contributed by atoms with Crippen molar-refractivity contribution >= 4 is 5.91 Å². The Morgan fingerprint density at radius 2 is 1.68 bits per heavy atom. The molecule has 0 bridgehead atoms. The molecular weight excluding hydrogens is 292 g/mol. The molecule has 0 saturated heterocycles. The molecule has 0 saturated carbocycles. The van der Waals surface area contributed by atoms with Gasteiger partial charge in [0.2, 0.25) is 0 Å². The summed E-state index contributed by atoms with van der Waals surface area (Å²) in [6.45, 7) is 1.54. The van der Waals surface area contributed by atoms with Gasteiger partial charge in [-0.25, -0.2) is 8.78 Å². The van der Waals surface area contributed by atoms with Crippen LogP contribution in [0.1, 0.15) is 28.9 Å². The Hall–Kier alpha value is -2.47. The standard InChI is InChI=1S/C16H15F2NO3/c1-9(15(21)10-2-4-11(17)5-3-10)19-16(22)13-8-12(18)6-7-14(13)20/h2-9,15,20-21H,1H3,(H,19,22). The molecule has 2 unspecified atom stereocenters. The van der Waals surface area contributed by atoms with Gasteiger partial charge in [-0.2, -0.15) is 0 Å². The molecule has 3 N–H and O–H groups in total. The minimum atomic E-state index is -1.07. The van der Waals surface area contributed by atoms with Gasteiger partial charge in [-0.05, 0) is 42.8 Å². The van der Waals surface area contributed by atoms with E-state index in [0.29, 0.717) is 5.56 Å². The summed E-state index contributed by atoms with van der Waals surface area (Å²) in [6.07, 6.45) is -1.07. The van der Waals surface area contributed by atoms with E-state index < -0.39 is 29.7 Å². The van der Waals surface area contributed by atoms with E-state index in [1.165, 1.54) is 24.3 Å². The molecule has 2 aromatic rings. The van der Waals surface area contributed by atoms with E-state index in [4.69, 9.17) is 0 Å². The Labute approximate surface area is 126 Å². The van der Waals surface area contributed by atoms with E-state index in [1.54, 1.807) is 6.92 Å². The van der Waals surface area contributed by atoms with Crippen LogP contribution in [0.2, 0.25) is 0 Å². The molecule has 0 heterocycles. The van der Waals surface area contributed by atoms with Gasteiger partial charge >= 0.3 is 0 Å². The van der Waals surface area contributed by atoms with Crippen LogP contribution in [0, 0.1) is 11.6 Å². The summed E-state index contributed by atoms with van der Waals surface area (Å²) in [6, 6.07) is 7.50. The van der Waals surface area contributed by atoms with Gasteiger partial charge in [0.25, 0.3) is 5.91 Å². The molecule has 0 radical (unpaired) electrons. The molecule has 2 rings (SSSR count). The van der Waals surface area contributed by atoms with Crippen molar-refractivity contribution in [3.8, 4) is 5.75 Å². The van der Waals surface area contributed by atoms with Gasteiger partial charge in [0, 0.05) is 0 Å². The van der Waals surface area contributed by atoms with Crippen LogP contribution in [-0.4, -0.2) is 22.2 Å². The summed E-state index contributed by atoms with van der Waals surface area (Å²) in [5, 5.41) is 22.2. The normalized spacial score (nSPS) is 13.5. The van der Waals surface area contributed by atoms with E-state index in [1.807, 2.05) is 0 Å². The summed E-state index contributed by atoms with van der Waals surface area (Å²) in [7, 11) is 0. The lowest BCUT2D eigenvalue weighted by Gasteiger charge is -2.21. The number of hydrogen-bond donors (Lipinski definition) is 3. The average molecular weight is 307 g/mol. The summed E-state index contributed by atoms with van der Waals surface area (Å²) >= 11 is 0. The summed E-state index contributed by atoms with van der Waals surface area (Å²) in [4.78, 5) is 12.0. The van der Waals surface area contributed by atoms with E-state index in [0.717, 1.165) is 18.2 Å². The van der Waals surface area contributed by atoms with Gasteiger partial charge < -0.3 is 15.5 Å². The van der Waals surface area contributed by atoms with E-state index in [9.17, 15) is 23.8 Å². The maximum absolute atomic E-state index is 13.1. The monoisotopic (exact) mass is 307 g/mol. The topological polar surface area (TPSA) is 69.6 Å². The number of benzene rings is 2. The fourth-order valence-electron chi connectivity index (χ4n) is 2.00. The van der Waals surface area contributed by atoms with Crippen molar-refractivity contribution in [3.05, 3.63) is 65.2 Å². The molecule has 22 heavy (non-hydrogen) atoms. The third-order valence-electron chi connectivity index (χ3n) is 3.25. The number of amides is 1. The van der Waals surface area contributed by atoms with Gasteiger partial charge in [0.1, 0.15) is 17.4 Å². The zero-order valence-electron chi connectivity index (χ0n) is 11.8. The molecule has 2 atom stereocenters. The number of hydrogen-bond acceptors (Lipinski definition) is 3. The Balaban J connectivity index is 2.10. The predicted octanol–water partition coefficient (Wildman–Crippen LogP) is 2.52. The van der Waals surface area contributed by atoms with E-state index in [2.05, 4.69) is 5.32 Å². The minimum absolute atomic E-state index is 0.224. The van der Waals surface area contributed by atoms with Gasteiger partial charge in [-0.15, -0.1) is 0 Å². The second-order valence-electron chi connectivity index (χ2n) is 4.92. The van der Waals surface area contributed by atoms with Crippen LogP contribution in [0.25, 0.3) is 0 Å². The van der Waals surface area contributed by atoms with Gasteiger partial charge in [0.05, 0.1) is 17.7 Å². The number of halogens is 2. The van der Waals surface area contributed by atoms with Crippen molar-refractivity contribution in [3.63, 3.8) is 0 Å². The molecule has 0 fully saturated rings. The fraction of sp³-hybridized carbons (Fsp3) is 0.188. The zero-order chi connectivity index (χ0) is 16.3. The minimum Gasteiger partial charge on any atom is -0.507 e. The van der Waals surface area contributed by atoms with E-state index >= 15 is 0 Å². The number of aliphatic hydroxyl groups excluding tert-OH is 1. The molecule has 2 aromatic carbocycles. The highest BCUT2D eigenvalue weighted by Crippen LogP contribution is 2.20. The molecule has 0 aliphatic heterocycles. The number of rotatable bonds is 4. The molecule has 4 nitrogen and oxygen atoms in total. The molecule has 0 aliphatic carbocycles. The highest BCUT2D eigenvalue weighted by Gasteiger charge is 2.21. The van der Waals surface area contributed by atoms with Crippen molar-refractivity contribution < 1.29 is 23.8 Å². The Bertz CT molecular complexity index is 674. The summed E-state index contributed by atoms with van der Waals surface area (Å²) < 4.78 is 26.0. The maximum atomic E-state index is 13.1.